The van der Waals surface area contributed by atoms with Gasteiger partial charge in [0.1, 0.15) is 16.4 Å². The monoisotopic (exact) mass is 300 g/mol. The summed E-state index contributed by atoms with van der Waals surface area (Å²) in [7, 11) is -3.52. The van der Waals surface area contributed by atoms with Crippen LogP contribution in [0.25, 0.3) is 0 Å². The molecule has 2 atom stereocenters. The summed E-state index contributed by atoms with van der Waals surface area (Å²) in [6, 6.07) is 0. The number of aryl methyl sites for hydroxylation is 2. The van der Waals surface area contributed by atoms with E-state index in [1.54, 1.807) is 18.2 Å². The average molecular weight is 300 g/mol. The summed E-state index contributed by atoms with van der Waals surface area (Å²) < 4.78 is 32.9. The van der Waals surface area contributed by atoms with E-state index in [9.17, 15) is 8.42 Å². The molecule has 114 valence electrons. The maximum Gasteiger partial charge on any atom is 0.246 e. The van der Waals surface area contributed by atoms with Crippen molar-refractivity contribution in [3.8, 4) is 0 Å². The quantitative estimate of drug-likeness (QED) is 0.926. The van der Waals surface area contributed by atoms with Crippen molar-refractivity contribution in [1.82, 2.24) is 4.31 Å². The van der Waals surface area contributed by atoms with Gasteiger partial charge in [-0.1, -0.05) is 13.8 Å². The third kappa shape index (κ3) is 2.64. The van der Waals surface area contributed by atoms with Gasteiger partial charge in [0.15, 0.2) is 0 Å². The molecule has 1 aromatic heterocycles. The van der Waals surface area contributed by atoms with E-state index in [4.69, 9.17) is 10.2 Å². The number of hydrogen-bond acceptors (Lipinski definition) is 4. The minimum atomic E-state index is -3.52. The van der Waals surface area contributed by atoms with E-state index in [2.05, 4.69) is 13.8 Å². The van der Waals surface area contributed by atoms with Crippen LogP contribution in [0.4, 0.5) is 0 Å². The van der Waals surface area contributed by atoms with Gasteiger partial charge in [0.05, 0.1) is 0 Å². The van der Waals surface area contributed by atoms with Crippen LogP contribution in [0, 0.1) is 25.7 Å². The van der Waals surface area contributed by atoms with Crippen LogP contribution in [-0.4, -0.2) is 25.8 Å². The van der Waals surface area contributed by atoms with Gasteiger partial charge in [-0.3, -0.25) is 0 Å². The number of sulfonamides is 1. The second-order valence-corrected chi connectivity index (χ2v) is 7.87. The molecule has 2 heterocycles. The van der Waals surface area contributed by atoms with Crippen LogP contribution in [0.15, 0.2) is 9.31 Å². The van der Waals surface area contributed by atoms with Crippen molar-refractivity contribution in [2.45, 2.75) is 45.6 Å². The van der Waals surface area contributed by atoms with Crippen molar-refractivity contribution in [2.75, 3.05) is 13.1 Å². The highest BCUT2D eigenvalue weighted by molar-refractivity contribution is 7.89. The Balaban J connectivity index is 2.45. The van der Waals surface area contributed by atoms with Crippen LogP contribution in [0.5, 0.6) is 0 Å². The molecule has 1 saturated heterocycles. The van der Waals surface area contributed by atoms with Crippen LogP contribution in [-0.2, 0) is 16.6 Å². The number of piperidine rings is 1. The van der Waals surface area contributed by atoms with E-state index in [1.165, 1.54) is 0 Å². The topological polar surface area (TPSA) is 76.5 Å². The van der Waals surface area contributed by atoms with Gasteiger partial charge >= 0.3 is 0 Å². The van der Waals surface area contributed by atoms with Gasteiger partial charge in [0.25, 0.3) is 0 Å². The highest BCUT2D eigenvalue weighted by atomic mass is 32.2. The van der Waals surface area contributed by atoms with E-state index < -0.39 is 10.0 Å². The Bertz CT molecular complexity index is 582. The van der Waals surface area contributed by atoms with Gasteiger partial charge in [-0.2, -0.15) is 4.31 Å². The minimum absolute atomic E-state index is 0.177. The molecule has 0 amide bonds. The van der Waals surface area contributed by atoms with Gasteiger partial charge in [0, 0.05) is 25.2 Å². The van der Waals surface area contributed by atoms with Crippen molar-refractivity contribution in [3.63, 3.8) is 0 Å². The zero-order valence-electron chi connectivity index (χ0n) is 12.6. The third-order valence-electron chi connectivity index (χ3n) is 3.96. The SMILES string of the molecule is Cc1oc(C)c(S(=O)(=O)N2CC(C)CC(C)C2)c1CN. The van der Waals surface area contributed by atoms with Crippen molar-refractivity contribution in [2.24, 2.45) is 17.6 Å². The summed E-state index contributed by atoms with van der Waals surface area (Å²) >= 11 is 0. The molecule has 2 unspecified atom stereocenters. The number of hydrogen-bond donors (Lipinski definition) is 1. The molecule has 0 radical (unpaired) electrons. The molecule has 1 aromatic rings. The fourth-order valence-electron chi connectivity index (χ4n) is 3.21. The largest absolute Gasteiger partial charge is 0.465 e. The van der Waals surface area contributed by atoms with Crippen molar-refractivity contribution in [3.05, 3.63) is 17.1 Å². The lowest BCUT2D eigenvalue weighted by molar-refractivity contribution is 0.222. The van der Waals surface area contributed by atoms with Crippen molar-refractivity contribution >= 4 is 10.0 Å². The lowest BCUT2D eigenvalue weighted by Gasteiger charge is -2.34. The Morgan fingerprint density at radius 1 is 1.20 bits per heavy atom. The smallest absolute Gasteiger partial charge is 0.246 e. The second kappa shape index (κ2) is 5.50. The molecule has 0 aliphatic carbocycles. The summed E-state index contributed by atoms with van der Waals surface area (Å²) in [5.74, 6) is 1.79. The molecular formula is C14H24N2O3S. The molecule has 1 fully saturated rings. The number of rotatable bonds is 3. The molecule has 2 rings (SSSR count). The molecule has 5 nitrogen and oxygen atoms in total. The molecule has 1 aliphatic rings. The van der Waals surface area contributed by atoms with Crippen molar-refractivity contribution < 1.29 is 12.8 Å². The number of furan rings is 1. The van der Waals surface area contributed by atoms with E-state index in [0.29, 0.717) is 42.0 Å². The Labute approximate surface area is 121 Å². The van der Waals surface area contributed by atoms with Crippen LogP contribution in [0.1, 0.15) is 37.4 Å². The zero-order valence-corrected chi connectivity index (χ0v) is 13.5. The molecular weight excluding hydrogens is 276 g/mol. The Morgan fingerprint density at radius 2 is 1.75 bits per heavy atom. The van der Waals surface area contributed by atoms with Gasteiger partial charge in [-0.25, -0.2) is 8.42 Å². The van der Waals surface area contributed by atoms with E-state index in [1.807, 2.05) is 0 Å². The molecule has 0 aromatic carbocycles. The van der Waals surface area contributed by atoms with E-state index in [0.717, 1.165) is 6.42 Å². The number of nitrogens with zero attached hydrogens (tertiary/aromatic N) is 1. The summed E-state index contributed by atoms with van der Waals surface area (Å²) in [6.07, 6.45) is 1.07. The summed E-state index contributed by atoms with van der Waals surface area (Å²) in [4.78, 5) is 0.277. The summed E-state index contributed by atoms with van der Waals surface area (Å²) in [5.41, 5.74) is 6.31. The normalized spacial score (nSPS) is 25.1. The van der Waals surface area contributed by atoms with Crippen LogP contribution in [0.3, 0.4) is 0 Å². The zero-order chi connectivity index (χ0) is 15.1. The first kappa shape index (κ1) is 15.5. The van der Waals surface area contributed by atoms with Crippen LogP contribution < -0.4 is 5.73 Å². The predicted octanol–water partition coefficient (Wildman–Crippen LogP) is 2.02. The first-order valence-corrected chi connectivity index (χ1v) is 8.50. The highest BCUT2D eigenvalue weighted by Gasteiger charge is 2.35. The van der Waals surface area contributed by atoms with Crippen molar-refractivity contribution in [1.29, 1.82) is 0 Å². The highest BCUT2D eigenvalue weighted by Crippen LogP contribution is 2.32. The Kier molecular flexibility index (Phi) is 4.27. The first-order chi connectivity index (χ1) is 9.27. The van der Waals surface area contributed by atoms with Gasteiger partial charge in [-0.05, 0) is 32.1 Å². The minimum Gasteiger partial charge on any atom is -0.465 e. The lowest BCUT2D eigenvalue weighted by atomic mass is 9.94. The molecule has 20 heavy (non-hydrogen) atoms. The fraction of sp³-hybridized carbons (Fsp3) is 0.714. The molecule has 2 N–H and O–H groups in total. The first-order valence-electron chi connectivity index (χ1n) is 7.06. The average Bonchev–Trinajstić information content (AvgIpc) is 2.62. The van der Waals surface area contributed by atoms with Gasteiger partial charge in [0.2, 0.25) is 10.0 Å². The Hall–Kier alpha value is -0.850. The summed E-state index contributed by atoms with van der Waals surface area (Å²) in [6.45, 7) is 8.95. The van der Waals surface area contributed by atoms with E-state index in [-0.39, 0.29) is 11.4 Å². The lowest BCUT2D eigenvalue weighted by Crippen LogP contribution is -2.42. The maximum absolute atomic E-state index is 12.9. The number of nitrogens with two attached hydrogens (primary N) is 1. The Morgan fingerprint density at radius 3 is 2.25 bits per heavy atom. The van der Waals surface area contributed by atoms with Crippen LogP contribution in [0.2, 0.25) is 0 Å². The molecule has 1 aliphatic heterocycles. The fourth-order valence-corrected chi connectivity index (χ4v) is 5.32. The standard InChI is InChI=1S/C14H24N2O3S/c1-9-5-10(2)8-16(7-9)20(17,18)14-12(4)19-11(3)13(14)6-15/h9-10H,5-8,15H2,1-4H3. The molecule has 0 saturated carbocycles. The maximum atomic E-state index is 12.9. The summed E-state index contributed by atoms with van der Waals surface area (Å²) in [5, 5.41) is 0. The molecule has 6 heteroatoms. The molecule has 0 bridgehead atoms. The van der Waals surface area contributed by atoms with Crippen LogP contribution >= 0.6 is 0 Å². The van der Waals surface area contributed by atoms with E-state index >= 15 is 0 Å². The second-order valence-electron chi connectivity index (χ2n) is 5.99. The van der Waals surface area contributed by atoms with Gasteiger partial charge < -0.3 is 10.2 Å². The van der Waals surface area contributed by atoms with Gasteiger partial charge in [-0.15, -0.1) is 0 Å². The molecule has 0 spiro atoms. The third-order valence-corrected chi connectivity index (χ3v) is 5.99. The predicted molar refractivity (Wildman–Crippen MR) is 77.8 cm³/mol.